The topological polar surface area (TPSA) is 59.8 Å². The van der Waals surface area contributed by atoms with Crippen LogP contribution in [0.5, 0.6) is 0 Å². The zero-order valence-electron chi connectivity index (χ0n) is 16.1. The molecular weight excluding hydrogens is 356 g/mol. The fourth-order valence-corrected chi connectivity index (χ4v) is 4.27. The highest BCUT2D eigenvalue weighted by Crippen LogP contribution is 2.26. The van der Waals surface area contributed by atoms with Gasteiger partial charge in [-0.15, -0.1) is 16.8 Å². The Labute approximate surface area is 165 Å². The van der Waals surface area contributed by atoms with Crippen LogP contribution in [-0.4, -0.2) is 32.5 Å². The summed E-state index contributed by atoms with van der Waals surface area (Å²) in [7, 11) is 0. The third kappa shape index (κ3) is 5.01. The van der Waals surface area contributed by atoms with E-state index in [1.165, 1.54) is 36.6 Å². The smallest absolute Gasteiger partial charge is 0.230 e. The first-order valence-corrected chi connectivity index (χ1v) is 10.6. The molecule has 0 bridgehead atoms. The van der Waals surface area contributed by atoms with Crippen molar-refractivity contribution < 1.29 is 4.79 Å². The number of amides is 1. The largest absolute Gasteiger partial charge is 0.352 e. The van der Waals surface area contributed by atoms with Gasteiger partial charge in [0.1, 0.15) is 0 Å². The van der Waals surface area contributed by atoms with Gasteiger partial charge in [0.25, 0.3) is 0 Å². The number of nitrogens with one attached hydrogen (secondary N) is 1. The maximum atomic E-state index is 12.4. The van der Waals surface area contributed by atoms with Crippen molar-refractivity contribution in [2.24, 2.45) is 5.92 Å². The van der Waals surface area contributed by atoms with Crippen LogP contribution in [0.4, 0.5) is 0 Å². The molecule has 0 unspecified atom stereocenters. The Morgan fingerprint density at radius 1 is 1.30 bits per heavy atom. The van der Waals surface area contributed by atoms with Crippen molar-refractivity contribution in [1.29, 1.82) is 0 Å². The third-order valence-electron chi connectivity index (χ3n) is 5.13. The minimum atomic E-state index is 0.0730. The van der Waals surface area contributed by atoms with Gasteiger partial charge in [-0.05, 0) is 25.7 Å². The molecule has 6 heteroatoms. The van der Waals surface area contributed by atoms with Crippen LogP contribution in [0.3, 0.4) is 0 Å². The van der Waals surface area contributed by atoms with Gasteiger partial charge in [-0.3, -0.25) is 9.36 Å². The predicted molar refractivity (Wildman–Crippen MR) is 111 cm³/mol. The molecule has 1 fully saturated rings. The first-order chi connectivity index (χ1) is 13.1. The van der Waals surface area contributed by atoms with Crippen LogP contribution in [0.15, 0.2) is 42.1 Å². The van der Waals surface area contributed by atoms with Gasteiger partial charge in [0.15, 0.2) is 11.0 Å². The molecule has 1 aliphatic rings. The summed E-state index contributed by atoms with van der Waals surface area (Å²) in [5.74, 6) is 1.79. The van der Waals surface area contributed by atoms with E-state index < -0.39 is 0 Å². The number of carbonyl (C=O) groups is 1. The Balaban J connectivity index is 1.66. The van der Waals surface area contributed by atoms with Gasteiger partial charge in [0.2, 0.25) is 5.91 Å². The monoisotopic (exact) mass is 384 g/mol. The molecule has 0 radical (unpaired) electrons. The van der Waals surface area contributed by atoms with E-state index in [1.807, 2.05) is 22.8 Å². The number of rotatable bonds is 7. The number of allylic oxidation sites excluding steroid dienone is 1. The van der Waals surface area contributed by atoms with Crippen molar-refractivity contribution in [1.82, 2.24) is 20.1 Å². The molecule has 1 saturated carbocycles. The van der Waals surface area contributed by atoms with Crippen LogP contribution in [0.1, 0.15) is 38.2 Å². The molecule has 0 spiro atoms. The second kappa shape index (κ2) is 9.22. The Morgan fingerprint density at radius 2 is 2.04 bits per heavy atom. The van der Waals surface area contributed by atoms with E-state index >= 15 is 0 Å². The molecule has 5 nitrogen and oxygen atoms in total. The van der Waals surface area contributed by atoms with E-state index in [1.54, 1.807) is 0 Å². The summed E-state index contributed by atoms with van der Waals surface area (Å²) in [4.78, 5) is 12.4. The lowest BCUT2D eigenvalue weighted by molar-refractivity contribution is -0.119. The van der Waals surface area contributed by atoms with E-state index in [0.717, 1.165) is 23.0 Å². The first-order valence-electron chi connectivity index (χ1n) is 9.61. The number of benzene rings is 1. The fourth-order valence-electron chi connectivity index (χ4n) is 3.51. The highest BCUT2D eigenvalue weighted by Gasteiger charge is 2.23. The van der Waals surface area contributed by atoms with Crippen molar-refractivity contribution >= 4 is 17.7 Å². The van der Waals surface area contributed by atoms with Crippen molar-refractivity contribution in [3.8, 4) is 11.4 Å². The summed E-state index contributed by atoms with van der Waals surface area (Å²) in [5, 5.41) is 12.6. The van der Waals surface area contributed by atoms with E-state index in [-0.39, 0.29) is 5.91 Å². The maximum absolute atomic E-state index is 12.4. The molecule has 1 aliphatic carbocycles. The van der Waals surface area contributed by atoms with E-state index in [4.69, 9.17) is 0 Å². The van der Waals surface area contributed by atoms with E-state index in [0.29, 0.717) is 24.3 Å². The SMILES string of the molecule is C=CCn1c(SCC(=O)N[C@H]2CCCC[C@H]2C)nnc1-c1ccc(C)cc1. The Morgan fingerprint density at radius 3 is 2.74 bits per heavy atom. The third-order valence-corrected chi connectivity index (χ3v) is 6.10. The number of nitrogens with zero attached hydrogens (tertiary/aromatic N) is 3. The van der Waals surface area contributed by atoms with Crippen molar-refractivity contribution in [2.45, 2.75) is 57.3 Å². The lowest BCUT2D eigenvalue weighted by atomic mass is 9.86. The Bertz CT molecular complexity index is 784. The number of aromatic nitrogens is 3. The van der Waals surface area contributed by atoms with Gasteiger partial charge in [-0.2, -0.15) is 0 Å². The molecular formula is C21H28N4OS. The molecule has 1 aromatic heterocycles. The van der Waals surface area contributed by atoms with Crippen molar-refractivity contribution in [3.63, 3.8) is 0 Å². The van der Waals surface area contributed by atoms with Gasteiger partial charge in [-0.25, -0.2) is 0 Å². The van der Waals surface area contributed by atoms with Gasteiger partial charge >= 0.3 is 0 Å². The van der Waals surface area contributed by atoms with Gasteiger partial charge in [0.05, 0.1) is 5.75 Å². The van der Waals surface area contributed by atoms with Gasteiger partial charge in [0, 0.05) is 18.2 Å². The summed E-state index contributed by atoms with van der Waals surface area (Å²) in [5.41, 5.74) is 2.22. The van der Waals surface area contributed by atoms with Crippen molar-refractivity contribution in [2.75, 3.05) is 5.75 Å². The summed E-state index contributed by atoms with van der Waals surface area (Å²) >= 11 is 1.43. The predicted octanol–water partition coefficient (Wildman–Crippen LogP) is 4.23. The lowest BCUT2D eigenvalue weighted by Gasteiger charge is -2.29. The number of hydrogen-bond donors (Lipinski definition) is 1. The average molecular weight is 385 g/mol. The molecule has 27 heavy (non-hydrogen) atoms. The minimum absolute atomic E-state index is 0.0730. The quantitative estimate of drug-likeness (QED) is 0.573. The standard InChI is InChI=1S/C21H28N4OS/c1-4-13-25-20(17-11-9-15(2)10-12-17)23-24-21(25)27-14-19(26)22-18-8-6-5-7-16(18)3/h4,9-12,16,18H,1,5-8,13-14H2,2-3H3,(H,22,26)/t16-,18+/m1/s1. The second-order valence-corrected chi connectivity index (χ2v) is 8.24. The zero-order valence-corrected chi connectivity index (χ0v) is 17.0. The molecule has 1 N–H and O–H groups in total. The molecule has 1 heterocycles. The summed E-state index contributed by atoms with van der Waals surface area (Å²) in [6, 6.07) is 8.53. The number of thioether (sulfide) groups is 1. The summed E-state index contributed by atoms with van der Waals surface area (Å²) < 4.78 is 2.01. The molecule has 144 valence electrons. The molecule has 0 aliphatic heterocycles. The van der Waals surface area contributed by atoms with Crippen LogP contribution in [0.25, 0.3) is 11.4 Å². The molecule has 1 aromatic carbocycles. The van der Waals surface area contributed by atoms with Gasteiger partial charge in [-0.1, -0.05) is 67.4 Å². The summed E-state index contributed by atoms with van der Waals surface area (Å²) in [6.07, 6.45) is 6.59. The molecule has 2 atom stereocenters. The molecule has 0 saturated heterocycles. The van der Waals surface area contributed by atoms with Gasteiger partial charge < -0.3 is 5.32 Å². The second-order valence-electron chi connectivity index (χ2n) is 7.30. The average Bonchev–Trinajstić information content (AvgIpc) is 3.06. The van der Waals surface area contributed by atoms with Crippen LogP contribution in [0, 0.1) is 12.8 Å². The highest BCUT2D eigenvalue weighted by atomic mass is 32.2. The number of aryl methyl sites for hydroxylation is 1. The Hall–Kier alpha value is -2.08. The number of carbonyl (C=O) groups excluding carboxylic acids is 1. The molecule has 2 aromatic rings. The number of hydrogen-bond acceptors (Lipinski definition) is 4. The van der Waals surface area contributed by atoms with E-state index in [2.05, 4.69) is 48.1 Å². The first kappa shape index (κ1) is 19.7. The minimum Gasteiger partial charge on any atom is -0.352 e. The Kier molecular flexibility index (Phi) is 6.72. The van der Waals surface area contributed by atoms with Crippen LogP contribution >= 0.6 is 11.8 Å². The van der Waals surface area contributed by atoms with Crippen LogP contribution in [0.2, 0.25) is 0 Å². The van der Waals surface area contributed by atoms with Crippen LogP contribution < -0.4 is 5.32 Å². The van der Waals surface area contributed by atoms with Crippen molar-refractivity contribution in [3.05, 3.63) is 42.5 Å². The highest BCUT2D eigenvalue weighted by molar-refractivity contribution is 7.99. The van der Waals surface area contributed by atoms with E-state index in [9.17, 15) is 4.79 Å². The van der Waals surface area contributed by atoms with Crippen LogP contribution in [-0.2, 0) is 11.3 Å². The molecule has 3 rings (SSSR count). The normalized spacial score (nSPS) is 19.6. The maximum Gasteiger partial charge on any atom is 0.230 e. The fraction of sp³-hybridized carbons (Fsp3) is 0.476. The molecule has 1 amide bonds. The zero-order chi connectivity index (χ0) is 19.2. The lowest BCUT2D eigenvalue weighted by Crippen LogP contribution is -2.41. The summed E-state index contributed by atoms with van der Waals surface area (Å²) in [6.45, 7) is 8.74.